The van der Waals surface area contributed by atoms with Gasteiger partial charge < -0.3 is 5.32 Å². The van der Waals surface area contributed by atoms with Crippen LogP contribution in [0.15, 0.2) is 48.9 Å². The van der Waals surface area contributed by atoms with Crippen LogP contribution in [0.3, 0.4) is 0 Å². The molecule has 3 aromatic rings. The Bertz CT molecular complexity index is 863. The van der Waals surface area contributed by atoms with E-state index in [9.17, 15) is 4.79 Å². The van der Waals surface area contributed by atoms with Crippen molar-refractivity contribution in [2.75, 3.05) is 19.6 Å². The molecule has 0 spiro atoms. The van der Waals surface area contributed by atoms with Gasteiger partial charge in [-0.05, 0) is 49.7 Å². The number of aromatic nitrogens is 3. The van der Waals surface area contributed by atoms with Gasteiger partial charge >= 0.3 is 0 Å². The molecule has 0 radical (unpaired) electrons. The Morgan fingerprint density at radius 2 is 1.93 bits per heavy atom. The van der Waals surface area contributed by atoms with Crippen LogP contribution in [0.4, 0.5) is 0 Å². The van der Waals surface area contributed by atoms with Crippen LogP contribution < -0.4 is 5.32 Å². The van der Waals surface area contributed by atoms with E-state index in [0.717, 1.165) is 12.2 Å². The van der Waals surface area contributed by atoms with Crippen LogP contribution in [0, 0.1) is 0 Å². The van der Waals surface area contributed by atoms with Gasteiger partial charge in [0.25, 0.3) is 5.91 Å². The molecule has 1 amide bonds. The van der Waals surface area contributed by atoms with Gasteiger partial charge in [-0.1, -0.05) is 18.6 Å². The zero-order valence-corrected chi connectivity index (χ0v) is 15.5. The summed E-state index contributed by atoms with van der Waals surface area (Å²) in [5.41, 5.74) is 2.89. The fourth-order valence-corrected chi connectivity index (χ4v) is 3.54. The predicted molar refractivity (Wildman–Crippen MR) is 105 cm³/mol. The van der Waals surface area contributed by atoms with Gasteiger partial charge in [0.1, 0.15) is 0 Å². The van der Waals surface area contributed by atoms with Crippen molar-refractivity contribution in [3.8, 4) is 0 Å². The maximum absolute atomic E-state index is 12.3. The van der Waals surface area contributed by atoms with Crippen LogP contribution in [0.2, 0.25) is 0 Å². The van der Waals surface area contributed by atoms with Gasteiger partial charge in [-0.15, -0.1) is 0 Å². The first kappa shape index (κ1) is 17.7. The number of carbonyl (C=O) groups excluding carboxylic acids is 1. The number of hydrogen-bond donors (Lipinski definition) is 1. The standard InChI is InChI=1S/C21H25N5O/c27-20(22-11-9-19-16-26-14-4-10-23-21(26)24-19)18-7-5-17(6-8-18)15-25-12-2-1-3-13-25/h4-8,10,14,16H,1-3,9,11-13,15H2,(H,22,27). The maximum Gasteiger partial charge on any atom is 0.251 e. The van der Waals surface area contributed by atoms with Gasteiger partial charge in [0.15, 0.2) is 0 Å². The first-order chi connectivity index (χ1) is 13.3. The third kappa shape index (κ3) is 4.52. The lowest BCUT2D eigenvalue weighted by Gasteiger charge is -2.26. The average Bonchev–Trinajstić information content (AvgIpc) is 3.12. The van der Waals surface area contributed by atoms with Crippen molar-refractivity contribution in [1.29, 1.82) is 0 Å². The van der Waals surface area contributed by atoms with Crippen molar-refractivity contribution >= 4 is 11.7 Å². The molecule has 0 aliphatic carbocycles. The Kier molecular flexibility index (Phi) is 5.44. The minimum atomic E-state index is -0.0404. The van der Waals surface area contributed by atoms with Gasteiger partial charge in [-0.25, -0.2) is 9.97 Å². The van der Waals surface area contributed by atoms with Crippen molar-refractivity contribution in [2.45, 2.75) is 32.2 Å². The minimum Gasteiger partial charge on any atom is -0.352 e. The van der Waals surface area contributed by atoms with Crippen LogP contribution in [0.25, 0.3) is 5.78 Å². The van der Waals surface area contributed by atoms with Crippen molar-refractivity contribution < 1.29 is 4.79 Å². The zero-order chi connectivity index (χ0) is 18.5. The smallest absolute Gasteiger partial charge is 0.251 e. The topological polar surface area (TPSA) is 62.5 Å². The molecule has 3 heterocycles. The molecule has 1 fully saturated rings. The summed E-state index contributed by atoms with van der Waals surface area (Å²) >= 11 is 0. The fourth-order valence-electron chi connectivity index (χ4n) is 3.54. The largest absolute Gasteiger partial charge is 0.352 e. The highest BCUT2D eigenvalue weighted by atomic mass is 16.1. The maximum atomic E-state index is 12.3. The van der Waals surface area contributed by atoms with E-state index in [-0.39, 0.29) is 5.91 Å². The molecule has 1 N–H and O–H groups in total. The molecule has 140 valence electrons. The molecule has 6 heteroatoms. The molecule has 2 aromatic heterocycles. The van der Waals surface area contributed by atoms with E-state index in [1.807, 2.05) is 35.0 Å². The Balaban J connectivity index is 1.27. The highest BCUT2D eigenvalue weighted by Crippen LogP contribution is 2.13. The molecule has 1 aliphatic rings. The molecule has 0 unspecified atom stereocenters. The van der Waals surface area contributed by atoms with Crippen LogP contribution in [0.5, 0.6) is 0 Å². The normalized spacial score (nSPS) is 15.1. The van der Waals surface area contributed by atoms with E-state index in [1.165, 1.54) is 37.9 Å². The summed E-state index contributed by atoms with van der Waals surface area (Å²) in [6.45, 7) is 3.89. The SMILES string of the molecule is O=C(NCCc1cn2cccnc2n1)c1ccc(CN2CCCCC2)cc1. The number of nitrogens with zero attached hydrogens (tertiary/aromatic N) is 4. The number of nitrogens with one attached hydrogen (secondary N) is 1. The fraction of sp³-hybridized carbons (Fsp3) is 0.381. The highest BCUT2D eigenvalue weighted by molar-refractivity contribution is 5.94. The second kappa shape index (κ2) is 8.31. The number of likely N-dealkylation sites (tertiary alicyclic amines) is 1. The summed E-state index contributed by atoms with van der Waals surface area (Å²) in [6, 6.07) is 9.84. The second-order valence-electron chi connectivity index (χ2n) is 7.10. The van der Waals surface area contributed by atoms with Gasteiger partial charge in [0.2, 0.25) is 5.78 Å². The zero-order valence-electron chi connectivity index (χ0n) is 15.5. The molecular formula is C21H25N5O. The summed E-state index contributed by atoms with van der Waals surface area (Å²) in [6.07, 6.45) is 10.2. The molecule has 0 bridgehead atoms. The summed E-state index contributed by atoms with van der Waals surface area (Å²) in [4.78, 5) is 23.5. The van der Waals surface area contributed by atoms with Crippen LogP contribution in [-0.4, -0.2) is 44.8 Å². The van der Waals surface area contributed by atoms with Crippen LogP contribution >= 0.6 is 0 Å². The van der Waals surface area contributed by atoms with Gasteiger partial charge in [-0.3, -0.25) is 14.1 Å². The first-order valence-corrected chi connectivity index (χ1v) is 9.66. The third-order valence-corrected chi connectivity index (χ3v) is 5.02. The van der Waals surface area contributed by atoms with E-state index < -0.39 is 0 Å². The van der Waals surface area contributed by atoms with Gasteiger partial charge in [0, 0.05) is 43.7 Å². The quantitative estimate of drug-likeness (QED) is 0.731. The number of benzene rings is 1. The molecule has 6 nitrogen and oxygen atoms in total. The predicted octanol–water partition coefficient (Wildman–Crippen LogP) is 2.69. The van der Waals surface area contributed by atoms with Gasteiger partial charge in [-0.2, -0.15) is 0 Å². The van der Waals surface area contributed by atoms with E-state index in [4.69, 9.17) is 0 Å². The van der Waals surface area contributed by atoms with Crippen molar-refractivity contribution in [3.05, 3.63) is 65.7 Å². The molecule has 1 saturated heterocycles. The molecular weight excluding hydrogens is 338 g/mol. The Morgan fingerprint density at radius 3 is 2.70 bits per heavy atom. The van der Waals surface area contributed by atoms with Crippen molar-refractivity contribution in [3.63, 3.8) is 0 Å². The number of hydrogen-bond acceptors (Lipinski definition) is 4. The van der Waals surface area contributed by atoms with Crippen LogP contribution in [0.1, 0.15) is 40.9 Å². The van der Waals surface area contributed by atoms with Crippen molar-refractivity contribution in [1.82, 2.24) is 24.6 Å². The lowest BCUT2D eigenvalue weighted by molar-refractivity contribution is 0.0954. The lowest BCUT2D eigenvalue weighted by Crippen LogP contribution is -2.29. The Labute approximate surface area is 159 Å². The van der Waals surface area contributed by atoms with Crippen LogP contribution in [-0.2, 0) is 13.0 Å². The molecule has 1 aromatic carbocycles. The second-order valence-corrected chi connectivity index (χ2v) is 7.10. The summed E-state index contributed by atoms with van der Waals surface area (Å²) < 4.78 is 1.89. The monoisotopic (exact) mass is 363 g/mol. The molecule has 27 heavy (non-hydrogen) atoms. The van der Waals surface area contributed by atoms with E-state index in [0.29, 0.717) is 24.3 Å². The third-order valence-electron chi connectivity index (χ3n) is 5.02. The highest BCUT2D eigenvalue weighted by Gasteiger charge is 2.11. The number of carbonyl (C=O) groups is 1. The summed E-state index contributed by atoms with van der Waals surface area (Å²) in [7, 11) is 0. The number of amides is 1. The Morgan fingerprint density at radius 1 is 1.11 bits per heavy atom. The Hall–Kier alpha value is -2.73. The first-order valence-electron chi connectivity index (χ1n) is 9.66. The molecule has 1 aliphatic heterocycles. The number of piperidine rings is 1. The molecule has 0 saturated carbocycles. The number of rotatable bonds is 6. The summed E-state index contributed by atoms with van der Waals surface area (Å²) in [5, 5.41) is 2.97. The number of fused-ring (bicyclic) bond motifs is 1. The van der Waals surface area contributed by atoms with E-state index >= 15 is 0 Å². The van der Waals surface area contributed by atoms with Gasteiger partial charge in [0.05, 0.1) is 5.69 Å². The van der Waals surface area contributed by atoms with E-state index in [1.54, 1.807) is 6.20 Å². The summed E-state index contributed by atoms with van der Waals surface area (Å²) in [5.74, 6) is 0.643. The number of imidazole rings is 1. The lowest BCUT2D eigenvalue weighted by atomic mass is 10.1. The molecule has 0 atom stereocenters. The average molecular weight is 363 g/mol. The minimum absolute atomic E-state index is 0.0404. The van der Waals surface area contributed by atoms with E-state index in [2.05, 4.69) is 32.3 Å². The molecule has 4 rings (SSSR count). The van der Waals surface area contributed by atoms with Crippen molar-refractivity contribution in [2.24, 2.45) is 0 Å².